The molecule has 2 aliphatic heterocycles. The molecular weight excluding hydrogens is 853 g/mol. The Bertz CT molecular complexity index is 1430. The van der Waals surface area contributed by atoms with Gasteiger partial charge < -0.3 is 64.2 Å². The third-order valence-corrected chi connectivity index (χ3v) is 11.2. The van der Waals surface area contributed by atoms with Crippen LogP contribution in [0, 0.1) is 0 Å². The summed E-state index contributed by atoms with van der Waals surface area (Å²) in [4.78, 5) is 25.6. The number of unbranched alkanes of at least 4 members (excludes halogenated alkanes) is 10. The molecule has 2 rings (SSSR count). The maximum atomic E-state index is 12.9. The van der Waals surface area contributed by atoms with Gasteiger partial charge in [-0.25, -0.2) is 0 Å². The number of ether oxygens (including phenoxy) is 6. The molecule has 7 N–H and O–H groups in total. The van der Waals surface area contributed by atoms with Gasteiger partial charge in [-0.2, -0.15) is 0 Å². The second-order valence-electron chi connectivity index (χ2n) is 16.9. The van der Waals surface area contributed by atoms with E-state index >= 15 is 0 Å². The lowest BCUT2D eigenvalue weighted by Gasteiger charge is -2.42. The van der Waals surface area contributed by atoms with Crippen molar-refractivity contribution in [3.63, 3.8) is 0 Å². The first-order valence-electron chi connectivity index (χ1n) is 24.5. The van der Waals surface area contributed by atoms with Crippen LogP contribution in [0.25, 0.3) is 0 Å². The monoisotopic (exact) mass is 937 g/mol. The van der Waals surface area contributed by atoms with Crippen LogP contribution in [0.4, 0.5) is 0 Å². The molecule has 0 aromatic rings. The van der Waals surface area contributed by atoms with Gasteiger partial charge in [0.05, 0.1) is 19.8 Å². The molecule has 0 saturated carbocycles. The SMILES string of the molecule is CCCCC/C=C/C/C=C/C/C=C/C/C=C/CCCC(=O)OCC(CO[C@@H]1O[C@H](CO[C@@H]2O[C@H](CO)[C@H](O)C(O)C2O)[C@H](O)C(O)C1O)OC(=O)CC/C=C/C/C=C/CCCCCCCC. The number of allylic oxidation sites excluding steroid dienone is 12. The van der Waals surface area contributed by atoms with Crippen LogP contribution in [0.3, 0.4) is 0 Å². The lowest BCUT2D eigenvalue weighted by molar-refractivity contribution is -0.332. The van der Waals surface area contributed by atoms with E-state index in [0.29, 0.717) is 19.3 Å². The number of rotatable bonds is 36. The molecule has 2 saturated heterocycles. The van der Waals surface area contributed by atoms with Crippen molar-refractivity contribution in [1.29, 1.82) is 0 Å². The van der Waals surface area contributed by atoms with E-state index in [4.69, 9.17) is 28.4 Å². The van der Waals surface area contributed by atoms with Crippen LogP contribution >= 0.6 is 0 Å². The Hall–Kier alpha value is -3.06. The number of aliphatic hydroxyl groups excluding tert-OH is 7. The van der Waals surface area contributed by atoms with Crippen LogP contribution in [0.5, 0.6) is 0 Å². The molecule has 0 aromatic carbocycles. The van der Waals surface area contributed by atoms with Crippen LogP contribution < -0.4 is 0 Å². The summed E-state index contributed by atoms with van der Waals surface area (Å²) in [6, 6.07) is 0. The highest BCUT2D eigenvalue weighted by Crippen LogP contribution is 2.26. The highest BCUT2D eigenvalue weighted by atomic mass is 16.7. The third kappa shape index (κ3) is 25.9. The van der Waals surface area contributed by atoms with Gasteiger partial charge in [-0.15, -0.1) is 0 Å². The van der Waals surface area contributed by atoms with Gasteiger partial charge >= 0.3 is 11.9 Å². The van der Waals surface area contributed by atoms with E-state index in [9.17, 15) is 45.3 Å². The highest BCUT2D eigenvalue weighted by molar-refractivity contribution is 5.70. The van der Waals surface area contributed by atoms with Crippen LogP contribution in [0.15, 0.2) is 72.9 Å². The van der Waals surface area contributed by atoms with Crippen molar-refractivity contribution in [1.82, 2.24) is 0 Å². The van der Waals surface area contributed by atoms with Crippen LogP contribution in [-0.4, -0.2) is 142 Å². The molecule has 2 heterocycles. The van der Waals surface area contributed by atoms with Crippen molar-refractivity contribution in [3.05, 3.63) is 72.9 Å². The fourth-order valence-electron chi connectivity index (χ4n) is 7.08. The molecule has 0 amide bonds. The minimum atomic E-state index is -1.78. The van der Waals surface area contributed by atoms with E-state index in [2.05, 4.69) is 62.5 Å². The Morgan fingerprint density at radius 3 is 1.52 bits per heavy atom. The summed E-state index contributed by atoms with van der Waals surface area (Å²) in [5, 5.41) is 71.9. The van der Waals surface area contributed by atoms with Gasteiger partial charge in [0.2, 0.25) is 0 Å². The van der Waals surface area contributed by atoms with Crippen LogP contribution in [0.1, 0.15) is 142 Å². The average molecular weight is 937 g/mol. The number of aliphatic hydroxyl groups is 7. The molecular formula is C51H84O15. The normalized spacial score (nSPS) is 26.8. The van der Waals surface area contributed by atoms with Gasteiger partial charge in [0.15, 0.2) is 18.7 Å². The minimum absolute atomic E-state index is 0.0440. The van der Waals surface area contributed by atoms with Crippen LogP contribution in [-0.2, 0) is 38.0 Å². The average Bonchev–Trinajstić information content (AvgIpc) is 3.31. The Morgan fingerprint density at radius 2 is 0.939 bits per heavy atom. The highest BCUT2D eigenvalue weighted by Gasteiger charge is 2.47. The Labute approximate surface area is 393 Å². The summed E-state index contributed by atoms with van der Waals surface area (Å²) in [5.41, 5.74) is 0. The second kappa shape index (κ2) is 37.9. The molecule has 0 spiro atoms. The molecule has 15 heteroatoms. The largest absolute Gasteiger partial charge is 0.462 e. The number of carbonyl (C=O) groups is 2. The smallest absolute Gasteiger partial charge is 0.306 e. The van der Waals surface area contributed by atoms with Crippen molar-refractivity contribution < 1.29 is 73.8 Å². The topological polar surface area (TPSA) is 231 Å². The van der Waals surface area contributed by atoms with E-state index in [-0.39, 0.29) is 19.4 Å². The molecule has 11 atom stereocenters. The van der Waals surface area contributed by atoms with Crippen molar-refractivity contribution >= 4 is 11.9 Å². The zero-order chi connectivity index (χ0) is 48.2. The Balaban J connectivity index is 1.88. The van der Waals surface area contributed by atoms with Gasteiger partial charge in [0.1, 0.15) is 55.4 Å². The molecule has 2 aliphatic rings. The number of carbonyl (C=O) groups excluding carboxylic acids is 2. The predicted octanol–water partition coefficient (Wildman–Crippen LogP) is 6.26. The molecule has 2 fully saturated rings. The molecule has 5 unspecified atom stereocenters. The lowest BCUT2D eigenvalue weighted by Crippen LogP contribution is -2.61. The number of hydrogen-bond acceptors (Lipinski definition) is 15. The first-order chi connectivity index (χ1) is 32.0. The lowest BCUT2D eigenvalue weighted by atomic mass is 9.98. The van der Waals surface area contributed by atoms with Crippen molar-refractivity contribution in [2.75, 3.05) is 26.4 Å². The maximum absolute atomic E-state index is 12.9. The first kappa shape index (κ1) is 59.1. The fraction of sp³-hybridized carbons (Fsp3) is 0.725. The zero-order valence-electron chi connectivity index (χ0n) is 39.6. The Morgan fingerprint density at radius 1 is 0.485 bits per heavy atom. The van der Waals surface area contributed by atoms with Gasteiger partial charge in [0, 0.05) is 12.8 Å². The first-order valence-corrected chi connectivity index (χ1v) is 24.5. The molecule has 0 aliphatic carbocycles. The quantitative estimate of drug-likeness (QED) is 0.0209. The van der Waals surface area contributed by atoms with Crippen LogP contribution in [0.2, 0.25) is 0 Å². The van der Waals surface area contributed by atoms with Gasteiger partial charge in [-0.1, -0.05) is 132 Å². The van der Waals surface area contributed by atoms with Gasteiger partial charge in [0.25, 0.3) is 0 Å². The molecule has 0 aromatic heterocycles. The molecule has 66 heavy (non-hydrogen) atoms. The van der Waals surface area contributed by atoms with Crippen molar-refractivity contribution in [2.24, 2.45) is 0 Å². The zero-order valence-corrected chi connectivity index (χ0v) is 39.6. The molecule has 378 valence electrons. The number of esters is 2. The van der Waals surface area contributed by atoms with E-state index in [0.717, 1.165) is 38.5 Å². The summed E-state index contributed by atoms with van der Waals surface area (Å²) in [5.74, 6) is -1.08. The maximum Gasteiger partial charge on any atom is 0.306 e. The fourth-order valence-corrected chi connectivity index (χ4v) is 7.08. The second-order valence-corrected chi connectivity index (χ2v) is 16.9. The molecule has 0 bridgehead atoms. The summed E-state index contributed by atoms with van der Waals surface area (Å²) in [6.07, 6.45) is 26.7. The minimum Gasteiger partial charge on any atom is -0.462 e. The summed E-state index contributed by atoms with van der Waals surface area (Å²) in [6.45, 7) is 2.40. The van der Waals surface area contributed by atoms with Gasteiger partial charge in [-0.3, -0.25) is 9.59 Å². The van der Waals surface area contributed by atoms with E-state index in [1.165, 1.54) is 57.8 Å². The van der Waals surface area contributed by atoms with E-state index in [1.807, 2.05) is 24.3 Å². The molecule has 15 nitrogen and oxygen atoms in total. The summed E-state index contributed by atoms with van der Waals surface area (Å²) < 4.78 is 33.4. The van der Waals surface area contributed by atoms with E-state index in [1.54, 1.807) is 0 Å². The van der Waals surface area contributed by atoms with E-state index < -0.39 is 99.3 Å². The molecule has 0 radical (unpaired) electrons. The summed E-state index contributed by atoms with van der Waals surface area (Å²) in [7, 11) is 0. The predicted molar refractivity (Wildman–Crippen MR) is 252 cm³/mol. The van der Waals surface area contributed by atoms with Crippen molar-refractivity contribution in [2.45, 2.75) is 210 Å². The van der Waals surface area contributed by atoms with Crippen molar-refractivity contribution in [3.8, 4) is 0 Å². The number of hydrogen-bond donors (Lipinski definition) is 7. The Kier molecular flexibility index (Phi) is 33.9. The summed E-state index contributed by atoms with van der Waals surface area (Å²) >= 11 is 0. The van der Waals surface area contributed by atoms with Gasteiger partial charge in [-0.05, 0) is 70.6 Å². The third-order valence-electron chi connectivity index (χ3n) is 11.2. The standard InChI is InChI=1S/C51H84O15/c1-3-5-7-9-11-13-15-17-18-19-20-22-23-25-27-29-31-33-42(53)61-36-39(64-43(54)34-32-30-28-26-24-21-16-14-12-10-8-6-4-2)37-62-50-49(60)47(58)45(56)41(66-50)38-63-51-48(59)46(57)44(55)40(35-52)65-51/h11,13,17-18,20-22,24-25,27-28,30,39-41,44-52,55-60H,3-10,12,14-16,19,23,26,29,31-38H2,1-2H3/b13-11+,18-17+,22-20+,24-21+,27-25+,30-28+/t39?,40-,41-,44+,45+,46?,47?,48?,49?,50-,51-/m1/s1.